The lowest BCUT2D eigenvalue weighted by atomic mass is 9.88. The average molecular weight is 443 g/mol. The van der Waals surface area contributed by atoms with E-state index in [0.717, 1.165) is 25.7 Å². The van der Waals surface area contributed by atoms with E-state index in [-0.39, 0.29) is 31.4 Å². The molecule has 1 fully saturated rings. The number of carbonyl (C=O) groups is 2. The molecule has 176 valence electrons. The van der Waals surface area contributed by atoms with Crippen molar-refractivity contribution in [2.75, 3.05) is 13.2 Å². The standard InChI is InChI=1S/C20H34N4O7/c1-3-4-5-6-8-30-19(28)14-10-12(24-20(21)22)15(23-11(2)25)17(31-14)18-16(27)13(26)7-9-29-18/h10,12-13,15-18,26-27H,3-9H2,1-2H3,(H,23,25)(H4,21,22,24)/t12-,13+,15+,16+,17+,18+/m0/s1. The zero-order valence-electron chi connectivity index (χ0n) is 18.0. The number of nitrogens with one attached hydrogen (secondary N) is 1. The highest BCUT2D eigenvalue weighted by Gasteiger charge is 2.48. The third kappa shape index (κ3) is 7.08. The summed E-state index contributed by atoms with van der Waals surface area (Å²) in [5.41, 5.74) is 11.1. The summed E-state index contributed by atoms with van der Waals surface area (Å²) in [6.07, 6.45) is 0.972. The Bertz CT molecular complexity index is 680. The molecule has 1 amide bonds. The molecule has 6 atom stereocenters. The van der Waals surface area contributed by atoms with Gasteiger partial charge in [0.1, 0.15) is 12.2 Å². The molecule has 2 rings (SSSR count). The summed E-state index contributed by atoms with van der Waals surface area (Å²) in [5, 5.41) is 23.2. The molecule has 0 saturated carbocycles. The van der Waals surface area contributed by atoms with Gasteiger partial charge in [-0.15, -0.1) is 0 Å². The molecule has 2 aliphatic heterocycles. The number of carbonyl (C=O) groups excluding carboxylic acids is 2. The molecule has 0 aliphatic carbocycles. The maximum Gasteiger partial charge on any atom is 0.373 e. The van der Waals surface area contributed by atoms with Crippen molar-refractivity contribution in [1.82, 2.24) is 5.32 Å². The van der Waals surface area contributed by atoms with Gasteiger partial charge in [-0.3, -0.25) is 4.79 Å². The van der Waals surface area contributed by atoms with Crippen LogP contribution >= 0.6 is 0 Å². The molecule has 0 aromatic carbocycles. The van der Waals surface area contributed by atoms with Crippen LogP contribution in [0.15, 0.2) is 16.8 Å². The Morgan fingerprint density at radius 1 is 1.26 bits per heavy atom. The number of guanidine groups is 1. The lowest BCUT2D eigenvalue weighted by Crippen LogP contribution is -2.62. The summed E-state index contributed by atoms with van der Waals surface area (Å²) in [7, 11) is 0. The summed E-state index contributed by atoms with van der Waals surface area (Å²) in [4.78, 5) is 28.5. The van der Waals surface area contributed by atoms with E-state index >= 15 is 0 Å². The second kappa shape index (κ2) is 11.9. The first-order chi connectivity index (χ1) is 14.7. The topological polar surface area (TPSA) is 179 Å². The molecule has 31 heavy (non-hydrogen) atoms. The highest BCUT2D eigenvalue weighted by atomic mass is 16.6. The number of nitrogens with two attached hydrogens (primary N) is 2. The van der Waals surface area contributed by atoms with E-state index in [9.17, 15) is 19.8 Å². The maximum absolute atomic E-state index is 12.6. The molecule has 0 unspecified atom stereocenters. The van der Waals surface area contributed by atoms with Crippen LogP contribution in [0.4, 0.5) is 0 Å². The Morgan fingerprint density at radius 2 is 2.00 bits per heavy atom. The van der Waals surface area contributed by atoms with Crippen LogP contribution in [-0.2, 0) is 23.8 Å². The maximum atomic E-state index is 12.6. The van der Waals surface area contributed by atoms with Crippen LogP contribution < -0.4 is 16.8 Å². The van der Waals surface area contributed by atoms with Crippen LogP contribution in [0.3, 0.4) is 0 Å². The Balaban J connectivity index is 2.27. The molecule has 2 aliphatic rings. The molecule has 0 spiro atoms. The summed E-state index contributed by atoms with van der Waals surface area (Å²) in [6.45, 7) is 3.79. The third-order valence-corrected chi connectivity index (χ3v) is 5.19. The van der Waals surface area contributed by atoms with Crippen molar-refractivity contribution >= 4 is 17.8 Å². The van der Waals surface area contributed by atoms with Gasteiger partial charge in [0, 0.05) is 13.5 Å². The number of esters is 1. The highest BCUT2D eigenvalue weighted by molar-refractivity contribution is 5.87. The molecule has 2 heterocycles. The van der Waals surface area contributed by atoms with Crippen LogP contribution in [0.25, 0.3) is 0 Å². The predicted molar refractivity (Wildman–Crippen MR) is 112 cm³/mol. The van der Waals surface area contributed by atoms with Gasteiger partial charge < -0.3 is 41.2 Å². The largest absolute Gasteiger partial charge is 0.478 e. The molecule has 0 aromatic rings. The SMILES string of the molecule is CCCCCCOC(=O)C1=C[C@H](N=C(N)N)[C@@H](NC(C)=O)[C@H]([C@@H]2OCC[C@@H](O)[C@H]2O)O1. The van der Waals surface area contributed by atoms with E-state index in [1.54, 1.807) is 0 Å². The first kappa shape index (κ1) is 24.9. The molecule has 0 bridgehead atoms. The van der Waals surface area contributed by atoms with Crippen molar-refractivity contribution < 1.29 is 34.0 Å². The van der Waals surface area contributed by atoms with Crippen molar-refractivity contribution in [3.05, 3.63) is 11.8 Å². The van der Waals surface area contributed by atoms with Crippen molar-refractivity contribution in [2.45, 2.75) is 82.5 Å². The van der Waals surface area contributed by atoms with Crippen molar-refractivity contribution in [3.8, 4) is 0 Å². The second-order valence-corrected chi connectivity index (χ2v) is 7.76. The fourth-order valence-electron chi connectivity index (χ4n) is 3.66. The lowest BCUT2D eigenvalue weighted by molar-refractivity contribution is -0.186. The number of aliphatic imine (C=N–C) groups is 1. The van der Waals surface area contributed by atoms with Gasteiger partial charge in [0.05, 0.1) is 24.8 Å². The van der Waals surface area contributed by atoms with Gasteiger partial charge in [-0.25, -0.2) is 9.79 Å². The smallest absolute Gasteiger partial charge is 0.373 e. The number of aliphatic hydroxyl groups is 2. The van der Waals surface area contributed by atoms with E-state index in [4.69, 9.17) is 25.7 Å². The van der Waals surface area contributed by atoms with E-state index in [0.29, 0.717) is 0 Å². The number of aliphatic hydroxyl groups excluding tert-OH is 2. The molecular weight excluding hydrogens is 408 g/mol. The highest BCUT2D eigenvalue weighted by Crippen LogP contribution is 2.29. The van der Waals surface area contributed by atoms with Crippen LogP contribution in [0.5, 0.6) is 0 Å². The van der Waals surface area contributed by atoms with Gasteiger partial charge in [-0.2, -0.15) is 0 Å². The van der Waals surface area contributed by atoms with E-state index in [1.165, 1.54) is 13.0 Å². The number of nitrogens with zero attached hydrogens (tertiary/aromatic N) is 1. The third-order valence-electron chi connectivity index (χ3n) is 5.19. The molecule has 0 radical (unpaired) electrons. The molecule has 11 heteroatoms. The molecule has 1 saturated heterocycles. The van der Waals surface area contributed by atoms with Crippen LogP contribution in [0.2, 0.25) is 0 Å². The number of hydrogen-bond acceptors (Lipinski definition) is 8. The summed E-state index contributed by atoms with van der Waals surface area (Å²) in [6, 6.07) is -1.73. The van der Waals surface area contributed by atoms with E-state index in [1.807, 2.05) is 0 Å². The lowest BCUT2D eigenvalue weighted by Gasteiger charge is -2.43. The van der Waals surface area contributed by atoms with Crippen molar-refractivity contribution in [1.29, 1.82) is 0 Å². The van der Waals surface area contributed by atoms with Gasteiger partial charge in [0.15, 0.2) is 12.1 Å². The molecular formula is C20H34N4O7. The number of amides is 1. The van der Waals surface area contributed by atoms with Gasteiger partial charge in [-0.05, 0) is 18.9 Å². The molecule has 7 N–H and O–H groups in total. The predicted octanol–water partition coefficient (Wildman–Crippen LogP) is -0.950. The van der Waals surface area contributed by atoms with Crippen molar-refractivity contribution in [2.24, 2.45) is 16.5 Å². The Kier molecular flexibility index (Phi) is 9.53. The minimum Gasteiger partial charge on any atom is -0.478 e. The normalized spacial score (nSPS) is 30.5. The summed E-state index contributed by atoms with van der Waals surface area (Å²) < 4.78 is 16.8. The number of rotatable bonds is 9. The van der Waals surface area contributed by atoms with E-state index in [2.05, 4.69) is 17.2 Å². The summed E-state index contributed by atoms with van der Waals surface area (Å²) >= 11 is 0. The number of unbranched alkanes of at least 4 members (excludes halogenated alkanes) is 3. The first-order valence-electron chi connectivity index (χ1n) is 10.6. The minimum absolute atomic E-state index is 0.145. The van der Waals surface area contributed by atoms with Gasteiger partial charge in [0.25, 0.3) is 0 Å². The second-order valence-electron chi connectivity index (χ2n) is 7.76. The minimum atomic E-state index is -1.29. The van der Waals surface area contributed by atoms with Crippen molar-refractivity contribution in [3.63, 3.8) is 0 Å². The fraction of sp³-hybridized carbons (Fsp3) is 0.750. The first-order valence-corrected chi connectivity index (χ1v) is 10.6. The van der Waals surface area contributed by atoms with Crippen LogP contribution in [0, 0.1) is 0 Å². The Morgan fingerprint density at radius 3 is 2.65 bits per heavy atom. The zero-order chi connectivity index (χ0) is 23.0. The van der Waals surface area contributed by atoms with Crippen LogP contribution in [0.1, 0.15) is 46.0 Å². The number of ether oxygens (including phenoxy) is 3. The Labute approximate surface area is 181 Å². The molecule has 11 nitrogen and oxygen atoms in total. The average Bonchev–Trinajstić information content (AvgIpc) is 2.70. The van der Waals surface area contributed by atoms with E-state index < -0.39 is 48.4 Å². The quantitative estimate of drug-likeness (QED) is 0.130. The van der Waals surface area contributed by atoms with Gasteiger partial charge >= 0.3 is 5.97 Å². The monoisotopic (exact) mass is 442 g/mol. The zero-order valence-corrected chi connectivity index (χ0v) is 18.0. The van der Waals surface area contributed by atoms with Crippen LogP contribution in [-0.4, -0.2) is 77.8 Å². The number of hydrogen-bond donors (Lipinski definition) is 5. The fourth-order valence-corrected chi connectivity index (χ4v) is 3.66. The molecule has 0 aromatic heterocycles. The summed E-state index contributed by atoms with van der Waals surface area (Å²) in [5.74, 6) is -1.50. The van der Waals surface area contributed by atoms with Gasteiger partial charge in [-0.1, -0.05) is 26.2 Å². The van der Waals surface area contributed by atoms with Gasteiger partial charge in [0.2, 0.25) is 11.7 Å². The Hall–Kier alpha value is -2.37.